The van der Waals surface area contributed by atoms with Crippen LogP contribution in [-0.2, 0) is 4.74 Å². The first-order valence-electron chi connectivity index (χ1n) is 15.2. The molecule has 1 aliphatic rings. The lowest BCUT2D eigenvalue weighted by atomic mass is 10.0. The zero-order valence-corrected chi connectivity index (χ0v) is 24.8. The smallest absolute Gasteiger partial charge is 0.130 e. The highest BCUT2D eigenvalue weighted by Gasteiger charge is 2.33. The van der Waals surface area contributed by atoms with Gasteiger partial charge in [0, 0.05) is 0 Å². The highest BCUT2D eigenvalue weighted by molar-refractivity contribution is 4.68. The number of likely N-dealkylation sites (N-methyl/N-ethyl adjacent to an activating group) is 1. The van der Waals surface area contributed by atoms with E-state index in [1.165, 1.54) is 165 Å². The second-order valence-electron chi connectivity index (χ2n) is 11.3. The largest absolute Gasteiger partial charge is 1.00 e. The number of ether oxygens (including phenoxy) is 1. The van der Waals surface area contributed by atoms with Gasteiger partial charge in [-0.25, -0.2) is 0 Å². The Morgan fingerprint density at radius 1 is 0.515 bits per heavy atom. The summed E-state index contributed by atoms with van der Waals surface area (Å²) in [4.78, 5) is 0. The number of hydrogen-bond acceptors (Lipinski definition) is 1. The van der Waals surface area contributed by atoms with E-state index in [-0.39, 0.29) is 17.0 Å². The van der Waals surface area contributed by atoms with Gasteiger partial charge in [0.1, 0.15) is 12.6 Å². The third-order valence-corrected chi connectivity index (χ3v) is 7.65. The lowest BCUT2D eigenvalue weighted by Gasteiger charge is -2.34. The Hall–Kier alpha value is 0.400. The lowest BCUT2D eigenvalue weighted by Crippen LogP contribution is -3.00. The summed E-state index contributed by atoms with van der Waals surface area (Å²) in [6, 6.07) is 0. The van der Waals surface area contributed by atoms with E-state index in [0.29, 0.717) is 6.10 Å². The molecular formula is C30H62BrNO. The Balaban J connectivity index is 0.0000102. The first kappa shape index (κ1) is 33.4. The van der Waals surface area contributed by atoms with Crippen molar-refractivity contribution in [3.05, 3.63) is 0 Å². The van der Waals surface area contributed by atoms with Crippen molar-refractivity contribution in [1.82, 2.24) is 0 Å². The van der Waals surface area contributed by atoms with Gasteiger partial charge in [-0.3, -0.25) is 0 Å². The minimum atomic E-state index is 0. The molecule has 2 atom stereocenters. The average molecular weight is 533 g/mol. The molecular weight excluding hydrogens is 470 g/mol. The van der Waals surface area contributed by atoms with Crippen LogP contribution < -0.4 is 17.0 Å². The maximum Gasteiger partial charge on any atom is 0.130 e. The van der Waals surface area contributed by atoms with Crippen molar-refractivity contribution in [3.8, 4) is 0 Å². The SMILES string of the molecule is CCCCCCCCCCCCCC[N+](C)(CCCCCCCCCCCC)CC1CO1.[Br-]. The number of rotatable bonds is 26. The molecule has 0 aromatic rings. The number of hydrogen-bond donors (Lipinski definition) is 0. The summed E-state index contributed by atoms with van der Waals surface area (Å²) in [5, 5.41) is 0. The molecule has 1 heterocycles. The summed E-state index contributed by atoms with van der Waals surface area (Å²) in [6.07, 6.45) is 32.3. The molecule has 1 saturated heterocycles. The van der Waals surface area contributed by atoms with Crippen molar-refractivity contribution < 1.29 is 26.2 Å². The van der Waals surface area contributed by atoms with E-state index < -0.39 is 0 Å². The molecule has 2 unspecified atom stereocenters. The molecule has 33 heavy (non-hydrogen) atoms. The van der Waals surface area contributed by atoms with E-state index in [1.54, 1.807) is 0 Å². The zero-order chi connectivity index (χ0) is 23.2. The van der Waals surface area contributed by atoms with Gasteiger partial charge in [0.25, 0.3) is 0 Å². The van der Waals surface area contributed by atoms with Gasteiger partial charge in [-0.15, -0.1) is 0 Å². The van der Waals surface area contributed by atoms with Crippen LogP contribution in [0.4, 0.5) is 0 Å². The molecule has 1 rings (SSSR count). The van der Waals surface area contributed by atoms with E-state index in [9.17, 15) is 0 Å². The summed E-state index contributed by atoms with van der Waals surface area (Å²) in [6.45, 7) is 9.63. The van der Waals surface area contributed by atoms with E-state index >= 15 is 0 Å². The molecule has 0 amide bonds. The van der Waals surface area contributed by atoms with E-state index in [0.717, 1.165) is 6.61 Å². The van der Waals surface area contributed by atoms with Crippen molar-refractivity contribution in [2.75, 3.05) is 33.3 Å². The van der Waals surface area contributed by atoms with E-state index in [2.05, 4.69) is 20.9 Å². The van der Waals surface area contributed by atoms with Gasteiger partial charge in [-0.1, -0.05) is 129 Å². The topological polar surface area (TPSA) is 12.5 Å². The van der Waals surface area contributed by atoms with Gasteiger partial charge < -0.3 is 26.2 Å². The molecule has 2 nitrogen and oxygen atoms in total. The van der Waals surface area contributed by atoms with Crippen LogP contribution in [0.3, 0.4) is 0 Å². The summed E-state index contributed by atoms with van der Waals surface area (Å²) < 4.78 is 6.86. The molecule has 0 bridgehead atoms. The Morgan fingerprint density at radius 3 is 1.06 bits per heavy atom. The maximum atomic E-state index is 5.60. The average Bonchev–Trinajstić information content (AvgIpc) is 3.59. The van der Waals surface area contributed by atoms with Crippen LogP contribution in [0.5, 0.6) is 0 Å². The maximum absolute atomic E-state index is 5.60. The molecule has 0 N–H and O–H groups in total. The van der Waals surface area contributed by atoms with Crippen LogP contribution in [0.25, 0.3) is 0 Å². The predicted octanol–water partition coefficient (Wildman–Crippen LogP) is 6.46. The monoisotopic (exact) mass is 531 g/mol. The first-order chi connectivity index (χ1) is 15.7. The second-order valence-corrected chi connectivity index (χ2v) is 11.3. The Bertz CT molecular complexity index is 387. The van der Waals surface area contributed by atoms with Crippen molar-refractivity contribution >= 4 is 0 Å². The van der Waals surface area contributed by atoms with E-state index in [4.69, 9.17) is 4.74 Å². The van der Waals surface area contributed by atoms with Crippen LogP contribution in [0.2, 0.25) is 0 Å². The quantitative estimate of drug-likeness (QED) is 0.0708. The fourth-order valence-electron chi connectivity index (χ4n) is 5.27. The lowest BCUT2D eigenvalue weighted by molar-refractivity contribution is -0.910. The van der Waals surface area contributed by atoms with Crippen LogP contribution in [-0.4, -0.2) is 43.9 Å². The second kappa shape index (κ2) is 24.1. The molecule has 0 saturated carbocycles. The van der Waals surface area contributed by atoms with Crippen LogP contribution in [0.15, 0.2) is 0 Å². The molecule has 0 aromatic carbocycles. The molecule has 200 valence electrons. The highest BCUT2D eigenvalue weighted by Crippen LogP contribution is 2.20. The van der Waals surface area contributed by atoms with Gasteiger partial charge >= 0.3 is 0 Å². The molecule has 0 spiro atoms. The summed E-state index contributed by atoms with van der Waals surface area (Å²) >= 11 is 0. The fraction of sp³-hybridized carbons (Fsp3) is 1.00. The van der Waals surface area contributed by atoms with Gasteiger partial charge in [-0.05, 0) is 25.7 Å². The fourth-order valence-corrected chi connectivity index (χ4v) is 5.27. The minimum Gasteiger partial charge on any atom is -1.00 e. The Kier molecular flexibility index (Phi) is 24.4. The molecule has 1 aliphatic heterocycles. The Labute approximate surface area is 220 Å². The number of epoxide rings is 1. The molecule has 1 fully saturated rings. The predicted molar refractivity (Wildman–Crippen MR) is 143 cm³/mol. The zero-order valence-electron chi connectivity index (χ0n) is 23.2. The normalized spacial score (nSPS) is 17.0. The summed E-state index contributed by atoms with van der Waals surface area (Å²) in [5.41, 5.74) is 0. The van der Waals surface area contributed by atoms with Gasteiger partial charge in [0.05, 0.1) is 26.7 Å². The third-order valence-electron chi connectivity index (χ3n) is 7.65. The highest BCUT2D eigenvalue weighted by atomic mass is 79.9. The van der Waals surface area contributed by atoms with Crippen molar-refractivity contribution in [2.45, 2.75) is 161 Å². The Morgan fingerprint density at radius 2 is 0.788 bits per heavy atom. The van der Waals surface area contributed by atoms with Gasteiger partial charge in [-0.2, -0.15) is 0 Å². The summed E-state index contributed by atoms with van der Waals surface area (Å²) in [5.74, 6) is 0. The summed E-state index contributed by atoms with van der Waals surface area (Å²) in [7, 11) is 2.51. The third kappa shape index (κ3) is 22.6. The number of unbranched alkanes of at least 4 members (excludes halogenated alkanes) is 20. The number of quaternary nitrogens is 1. The van der Waals surface area contributed by atoms with Crippen LogP contribution in [0.1, 0.15) is 155 Å². The first-order valence-corrected chi connectivity index (χ1v) is 15.2. The van der Waals surface area contributed by atoms with E-state index in [1.807, 2.05) is 0 Å². The van der Waals surface area contributed by atoms with Crippen LogP contribution in [0, 0.1) is 0 Å². The van der Waals surface area contributed by atoms with Crippen molar-refractivity contribution in [1.29, 1.82) is 0 Å². The van der Waals surface area contributed by atoms with Gasteiger partial charge in [0.2, 0.25) is 0 Å². The van der Waals surface area contributed by atoms with Crippen molar-refractivity contribution in [2.24, 2.45) is 0 Å². The van der Waals surface area contributed by atoms with Crippen LogP contribution >= 0.6 is 0 Å². The van der Waals surface area contributed by atoms with Crippen molar-refractivity contribution in [3.63, 3.8) is 0 Å². The number of halogens is 1. The molecule has 0 aliphatic carbocycles. The number of nitrogens with zero attached hydrogens (tertiary/aromatic N) is 1. The van der Waals surface area contributed by atoms with Gasteiger partial charge in [0.15, 0.2) is 0 Å². The molecule has 0 aromatic heterocycles. The molecule has 0 radical (unpaired) electrons. The minimum absolute atomic E-state index is 0. The molecule has 3 heteroatoms. The standard InChI is InChI=1S/C30H62NO.BrH/c1-4-6-8-10-12-14-16-17-19-21-23-25-27-31(3,28-30-29-32-30)26-24-22-20-18-15-13-11-9-7-5-2;/h30H,4-29H2,1-3H3;1H/q+1;/p-1.